The molecule has 8 rings (SSSR count). The van der Waals surface area contributed by atoms with Gasteiger partial charge in [0.05, 0.1) is 16.7 Å². The van der Waals surface area contributed by atoms with E-state index in [4.69, 9.17) is 4.98 Å². The van der Waals surface area contributed by atoms with Gasteiger partial charge >= 0.3 is 0 Å². The predicted molar refractivity (Wildman–Crippen MR) is 188 cm³/mol. The standard InChI is InChI=1S/C43H30N2/c1-6-16-31(17-7-1)36-26-27-41-40(30-36)44-43(35-24-14-5-15-25-35)45(41)42-38(33-20-10-3-11-21-33)28-37(32-18-8-2-9-19-32)29-39(42)34-22-12-4-13-23-34/h1-30H. The highest BCUT2D eigenvalue weighted by Gasteiger charge is 2.23. The van der Waals surface area contributed by atoms with Crippen LogP contribution in [0.1, 0.15) is 0 Å². The number of nitrogens with zero attached hydrogens (tertiary/aromatic N) is 2. The zero-order valence-electron chi connectivity index (χ0n) is 24.7. The maximum Gasteiger partial charge on any atom is 0.145 e. The molecule has 0 fully saturated rings. The van der Waals surface area contributed by atoms with E-state index >= 15 is 0 Å². The van der Waals surface area contributed by atoms with Crippen molar-refractivity contribution in [2.45, 2.75) is 0 Å². The second kappa shape index (κ2) is 11.6. The zero-order valence-corrected chi connectivity index (χ0v) is 24.7. The minimum atomic E-state index is 0.914. The Morgan fingerprint density at radius 3 is 1.24 bits per heavy atom. The fourth-order valence-corrected chi connectivity index (χ4v) is 6.25. The van der Waals surface area contributed by atoms with Crippen LogP contribution in [-0.4, -0.2) is 9.55 Å². The SMILES string of the molecule is c1ccc(-c2cc(-c3ccccc3)c(-n3c(-c4ccccc4)nc4cc(-c5ccccc5)ccc43)c(-c3ccccc3)c2)cc1. The lowest BCUT2D eigenvalue weighted by molar-refractivity contribution is 1.11. The highest BCUT2D eigenvalue weighted by atomic mass is 15.1. The smallest absolute Gasteiger partial charge is 0.145 e. The monoisotopic (exact) mass is 574 g/mol. The Labute approximate surface area is 263 Å². The van der Waals surface area contributed by atoms with Gasteiger partial charge < -0.3 is 0 Å². The molecule has 212 valence electrons. The number of hydrogen-bond donors (Lipinski definition) is 0. The summed E-state index contributed by atoms with van der Waals surface area (Å²) >= 11 is 0. The summed E-state index contributed by atoms with van der Waals surface area (Å²) in [6.45, 7) is 0. The van der Waals surface area contributed by atoms with E-state index in [1.54, 1.807) is 0 Å². The van der Waals surface area contributed by atoms with Crippen molar-refractivity contribution in [3.63, 3.8) is 0 Å². The number of benzene rings is 7. The second-order valence-electron chi connectivity index (χ2n) is 11.2. The maximum absolute atomic E-state index is 5.36. The van der Waals surface area contributed by atoms with E-state index in [2.05, 4.69) is 187 Å². The first kappa shape index (κ1) is 26.6. The fourth-order valence-electron chi connectivity index (χ4n) is 6.25. The van der Waals surface area contributed by atoms with Crippen LogP contribution in [-0.2, 0) is 0 Å². The molecule has 0 aliphatic rings. The number of imidazole rings is 1. The number of fused-ring (bicyclic) bond motifs is 1. The van der Waals surface area contributed by atoms with E-state index in [0.29, 0.717) is 0 Å². The van der Waals surface area contributed by atoms with Gasteiger partial charge in [-0.05, 0) is 57.6 Å². The molecule has 0 bridgehead atoms. The molecule has 1 heterocycles. The molecule has 0 unspecified atom stereocenters. The highest BCUT2D eigenvalue weighted by Crippen LogP contribution is 2.43. The third kappa shape index (κ3) is 5.03. The normalized spacial score (nSPS) is 11.1. The zero-order chi connectivity index (χ0) is 30.0. The average Bonchev–Trinajstić information content (AvgIpc) is 3.51. The van der Waals surface area contributed by atoms with Gasteiger partial charge in [-0.25, -0.2) is 4.98 Å². The Balaban J connectivity index is 1.50. The average molecular weight is 575 g/mol. The molecule has 1 aromatic heterocycles. The Morgan fingerprint density at radius 2 is 0.756 bits per heavy atom. The van der Waals surface area contributed by atoms with Crippen molar-refractivity contribution in [1.29, 1.82) is 0 Å². The van der Waals surface area contributed by atoms with Gasteiger partial charge in [0.1, 0.15) is 5.82 Å². The van der Waals surface area contributed by atoms with E-state index < -0.39 is 0 Å². The molecule has 0 saturated heterocycles. The molecule has 0 radical (unpaired) electrons. The Hall–Kier alpha value is -5.99. The van der Waals surface area contributed by atoms with Crippen molar-refractivity contribution >= 4 is 11.0 Å². The first-order valence-corrected chi connectivity index (χ1v) is 15.3. The van der Waals surface area contributed by atoms with E-state index in [1.807, 2.05) is 0 Å². The van der Waals surface area contributed by atoms with Crippen LogP contribution in [0.2, 0.25) is 0 Å². The topological polar surface area (TPSA) is 17.8 Å². The lowest BCUT2D eigenvalue weighted by Gasteiger charge is -2.21. The molecule has 2 heteroatoms. The van der Waals surface area contributed by atoms with Gasteiger partial charge in [-0.2, -0.15) is 0 Å². The largest absolute Gasteiger partial charge is 0.291 e. The third-order valence-corrected chi connectivity index (χ3v) is 8.40. The molecule has 2 nitrogen and oxygen atoms in total. The Bertz CT molecular complexity index is 2160. The molecule has 45 heavy (non-hydrogen) atoms. The summed E-state index contributed by atoms with van der Waals surface area (Å²) in [5.74, 6) is 0.914. The Morgan fingerprint density at radius 1 is 0.333 bits per heavy atom. The van der Waals surface area contributed by atoms with Crippen LogP contribution in [0.15, 0.2) is 182 Å². The molecule has 0 N–H and O–H groups in total. The van der Waals surface area contributed by atoms with Crippen molar-refractivity contribution < 1.29 is 0 Å². The van der Waals surface area contributed by atoms with Crippen LogP contribution in [0.5, 0.6) is 0 Å². The van der Waals surface area contributed by atoms with Crippen molar-refractivity contribution in [3.05, 3.63) is 182 Å². The maximum atomic E-state index is 5.36. The summed E-state index contributed by atoms with van der Waals surface area (Å²) < 4.78 is 2.37. The lowest BCUT2D eigenvalue weighted by atomic mass is 9.90. The summed E-state index contributed by atoms with van der Waals surface area (Å²) in [5, 5.41) is 0. The summed E-state index contributed by atoms with van der Waals surface area (Å²) in [5.41, 5.74) is 13.5. The molecule has 0 aliphatic heterocycles. The number of rotatable bonds is 6. The van der Waals surface area contributed by atoms with Crippen molar-refractivity contribution in [1.82, 2.24) is 9.55 Å². The van der Waals surface area contributed by atoms with Crippen molar-refractivity contribution in [3.8, 4) is 61.6 Å². The van der Waals surface area contributed by atoms with Crippen LogP contribution >= 0.6 is 0 Å². The molecular formula is C43H30N2. The summed E-state index contributed by atoms with van der Waals surface area (Å²) in [7, 11) is 0. The van der Waals surface area contributed by atoms with Crippen LogP contribution in [0.25, 0.3) is 72.6 Å². The van der Waals surface area contributed by atoms with Crippen LogP contribution in [0, 0.1) is 0 Å². The van der Waals surface area contributed by atoms with Crippen molar-refractivity contribution in [2.75, 3.05) is 0 Å². The van der Waals surface area contributed by atoms with Gasteiger partial charge in [-0.1, -0.05) is 158 Å². The van der Waals surface area contributed by atoms with E-state index in [1.165, 1.54) is 16.7 Å². The first-order valence-electron chi connectivity index (χ1n) is 15.3. The predicted octanol–water partition coefficient (Wildman–Crippen LogP) is 11.4. The molecule has 0 saturated carbocycles. The van der Waals surface area contributed by atoms with Gasteiger partial charge in [0, 0.05) is 16.7 Å². The molecule has 0 amide bonds. The summed E-state index contributed by atoms with van der Waals surface area (Å²) in [6.07, 6.45) is 0. The lowest BCUT2D eigenvalue weighted by Crippen LogP contribution is -2.04. The second-order valence-corrected chi connectivity index (χ2v) is 11.2. The minimum Gasteiger partial charge on any atom is -0.291 e. The van der Waals surface area contributed by atoms with E-state index in [0.717, 1.165) is 55.9 Å². The highest BCUT2D eigenvalue weighted by molar-refractivity contribution is 5.96. The van der Waals surface area contributed by atoms with Gasteiger partial charge in [-0.15, -0.1) is 0 Å². The number of hydrogen-bond acceptors (Lipinski definition) is 1. The molecule has 7 aromatic carbocycles. The summed E-state index contributed by atoms with van der Waals surface area (Å²) in [6, 6.07) is 64.5. The molecule has 0 spiro atoms. The molecular weight excluding hydrogens is 544 g/mol. The molecule has 0 aliphatic carbocycles. The Kier molecular flexibility index (Phi) is 6.86. The quantitative estimate of drug-likeness (QED) is 0.193. The van der Waals surface area contributed by atoms with E-state index in [-0.39, 0.29) is 0 Å². The number of aromatic nitrogens is 2. The van der Waals surface area contributed by atoms with Crippen molar-refractivity contribution in [2.24, 2.45) is 0 Å². The van der Waals surface area contributed by atoms with Gasteiger partial charge in [0.2, 0.25) is 0 Å². The van der Waals surface area contributed by atoms with Crippen LogP contribution in [0.3, 0.4) is 0 Å². The van der Waals surface area contributed by atoms with E-state index in [9.17, 15) is 0 Å². The first-order chi connectivity index (χ1) is 22.3. The molecule has 8 aromatic rings. The van der Waals surface area contributed by atoms with Gasteiger partial charge in [0.25, 0.3) is 0 Å². The summed E-state index contributed by atoms with van der Waals surface area (Å²) in [4.78, 5) is 5.36. The fraction of sp³-hybridized carbons (Fsp3) is 0. The van der Waals surface area contributed by atoms with Gasteiger partial charge in [0.15, 0.2) is 0 Å². The third-order valence-electron chi connectivity index (χ3n) is 8.40. The van der Waals surface area contributed by atoms with Crippen LogP contribution < -0.4 is 0 Å². The van der Waals surface area contributed by atoms with Gasteiger partial charge in [-0.3, -0.25) is 4.57 Å². The molecule has 0 atom stereocenters. The van der Waals surface area contributed by atoms with Crippen LogP contribution in [0.4, 0.5) is 0 Å². The minimum absolute atomic E-state index is 0.914.